The predicted molar refractivity (Wildman–Crippen MR) is 151 cm³/mol. The summed E-state index contributed by atoms with van der Waals surface area (Å²) in [5.41, 5.74) is 7.19. The third-order valence-electron chi connectivity index (χ3n) is 7.39. The number of halogens is 1. The molecule has 0 fully saturated rings. The molecule has 3 heterocycles. The number of fused-ring (bicyclic) bond motifs is 5. The Morgan fingerprint density at radius 2 is 1.80 bits per heavy atom. The highest BCUT2D eigenvalue weighted by atomic mass is 35.5. The number of benzene rings is 2. The molecule has 5 rings (SSSR count). The Kier molecular flexibility index (Phi) is 7.82. The number of nitrogens with two attached hydrogens (primary N) is 1. The van der Waals surface area contributed by atoms with Crippen molar-refractivity contribution in [3.05, 3.63) is 91.8 Å². The van der Waals surface area contributed by atoms with E-state index in [2.05, 4.69) is 0 Å². The summed E-state index contributed by atoms with van der Waals surface area (Å²) in [6.45, 7) is 6.28. The standard InChI is InChI=1S/C28H31N5O6.ClH/c1-17(34)19-5-7-20(8-6-19)32-25(35)31-14-11-22-24(33(31)26(32)36)21-9-4-18(16-23(21)39-28(22,2)3)10-13-30(15-12-29)27(37)38;/h4-9,11,16,24H,10,12-15,29H2,1-3H3,(H,37,38);1H. The van der Waals surface area contributed by atoms with E-state index in [-0.39, 0.29) is 44.4 Å². The van der Waals surface area contributed by atoms with Gasteiger partial charge in [0.15, 0.2) is 5.78 Å². The fourth-order valence-electron chi connectivity index (χ4n) is 5.38. The van der Waals surface area contributed by atoms with Gasteiger partial charge in [0.25, 0.3) is 0 Å². The molecule has 2 aliphatic rings. The molecule has 11 nitrogen and oxygen atoms in total. The number of hydrogen-bond acceptors (Lipinski definition) is 6. The van der Waals surface area contributed by atoms with Crippen LogP contribution >= 0.6 is 12.4 Å². The number of carboxylic acid groups (broad SMARTS) is 1. The van der Waals surface area contributed by atoms with E-state index in [1.807, 2.05) is 38.1 Å². The molecule has 0 bridgehead atoms. The van der Waals surface area contributed by atoms with Gasteiger partial charge < -0.3 is 20.5 Å². The van der Waals surface area contributed by atoms with Crippen LogP contribution < -0.4 is 21.9 Å². The predicted octanol–water partition coefficient (Wildman–Crippen LogP) is 2.61. The fraction of sp³-hybridized carbons (Fsp3) is 0.357. The van der Waals surface area contributed by atoms with Crippen LogP contribution in [-0.4, -0.2) is 61.0 Å². The van der Waals surface area contributed by atoms with E-state index < -0.39 is 29.1 Å². The number of hydrogen-bond donors (Lipinski definition) is 2. The molecule has 0 radical (unpaired) electrons. The van der Waals surface area contributed by atoms with E-state index in [1.165, 1.54) is 21.2 Å². The first-order valence-electron chi connectivity index (χ1n) is 12.8. The minimum Gasteiger partial charge on any atom is -0.483 e. The van der Waals surface area contributed by atoms with E-state index in [0.717, 1.165) is 21.3 Å². The van der Waals surface area contributed by atoms with Crippen LogP contribution in [0.15, 0.2) is 63.7 Å². The Morgan fingerprint density at radius 3 is 2.42 bits per heavy atom. The molecule has 0 saturated carbocycles. The highest BCUT2D eigenvalue weighted by Crippen LogP contribution is 2.46. The second-order valence-corrected chi connectivity index (χ2v) is 10.3. The van der Waals surface area contributed by atoms with Crippen LogP contribution in [-0.2, 0) is 13.0 Å². The molecular weight excluding hydrogens is 538 g/mol. The Bertz CT molecular complexity index is 1620. The van der Waals surface area contributed by atoms with Crippen molar-refractivity contribution in [2.24, 2.45) is 5.73 Å². The topological polar surface area (TPSA) is 142 Å². The van der Waals surface area contributed by atoms with Crippen LogP contribution in [0.1, 0.15) is 48.3 Å². The van der Waals surface area contributed by atoms with Crippen molar-refractivity contribution in [2.45, 2.75) is 45.4 Å². The van der Waals surface area contributed by atoms with Crippen molar-refractivity contribution in [1.29, 1.82) is 0 Å². The summed E-state index contributed by atoms with van der Waals surface area (Å²) in [5, 5.41) is 9.40. The van der Waals surface area contributed by atoms with Crippen molar-refractivity contribution >= 4 is 24.3 Å². The minimum atomic E-state index is -1.02. The summed E-state index contributed by atoms with van der Waals surface area (Å²) >= 11 is 0. The molecule has 40 heavy (non-hydrogen) atoms. The monoisotopic (exact) mass is 569 g/mol. The lowest BCUT2D eigenvalue weighted by Crippen LogP contribution is -2.46. The summed E-state index contributed by atoms with van der Waals surface area (Å²) in [7, 11) is 0. The summed E-state index contributed by atoms with van der Waals surface area (Å²) in [4.78, 5) is 51.7. The molecule has 1 atom stereocenters. The number of carbonyl (C=O) groups is 2. The van der Waals surface area contributed by atoms with Crippen LogP contribution in [0, 0.1) is 0 Å². The Balaban J connectivity index is 0.00000370. The maximum Gasteiger partial charge on any atom is 0.407 e. The SMILES string of the molecule is CC(=O)c1ccc(-n2c(=O)n3n(c2=O)C2C(=CC3)C(C)(C)Oc3cc(CCN(CCN)C(=O)O)ccc32)cc1.Cl. The molecule has 2 aromatic carbocycles. The molecule has 0 spiro atoms. The molecule has 1 aromatic heterocycles. The summed E-state index contributed by atoms with van der Waals surface area (Å²) in [6.07, 6.45) is 1.38. The summed E-state index contributed by atoms with van der Waals surface area (Å²) < 4.78 is 10.4. The quantitative estimate of drug-likeness (QED) is 0.329. The first kappa shape index (κ1) is 28.9. The third kappa shape index (κ3) is 4.86. The van der Waals surface area contributed by atoms with Gasteiger partial charge >= 0.3 is 17.5 Å². The van der Waals surface area contributed by atoms with Gasteiger partial charge in [0.05, 0.1) is 12.2 Å². The van der Waals surface area contributed by atoms with E-state index in [1.54, 1.807) is 24.3 Å². The van der Waals surface area contributed by atoms with E-state index in [9.17, 15) is 24.3 Å². The van der Waals surface area contributed by atoms with Gasteiger partial charge in [0.2, 0.25) is 0 Å². The van der Waals surface area contributed by atoms with Crippen molar-refractivity contribution in [2.75, 3.05) is 19.6 Å². The molecule has 1 unspecified atom stereocenters. The van der Waals surface area contributed by atoms with Gasteiger partial charge in [-0.3, -0.25) is 4.79 Å². The number of nitrogens with zero attached hydrogens (tertiary/aromatic N) is 4. The summed E-state index contributed by atoms with van der Waals surface area (Å²) in [5.74, 6) is 0.470. The van der Waals surface area contributed by atoms with Crippen LogP contribution in [0.4, 0.5) is 4.79 Å². The maximum atomic E-state index is 13.8. The number of Topliss-reactive ketones (excluding diaryl/α,β-unsaturated/α-hetero) is 1. The zero-order valence-corrected chi connectivity index (χ0v) is 23.3. The zero-order chi connectivity index (χ0) is 28.1. The second-order valence-electron chi connectivity index (χ2n) is 10.3. The van der Waals surface area contributed by atoms with Gasteiger partial charge in [-0.05, 0) is 68.7 Å². The van der Waals surface area contributed by atoms with Gasteiger partial charge in [0.1, 0.15) is 17.4 Å². The van der Waals surface area contributed by atoms with Crippen molar-refractivity contribution in [3.63, 3.8) is 0 Å². The van der Waals surface area contributed by atoms with Crippen LogP contribution in [0.3, 0.4) is 0 Å². The number of ketones is 1. The molecule has 0 saturated heterocycles. The average Bonchev–Trinajstić information content (AvgIpc) is 3.15. The van der Waals surface area contributed by atoms with E-state index in [4.69, 9.17) is 10.5 Å². The maximum absolute atomic E-state index is 13.8. The van der Waals surface area contributed by atoms with Crippen molar-refractivity contribution in [3.8, 4) is 11.4 Å². The minimum absolute atomic E-state index is 0. The van der Waals surface area contributed by atoms with Gasteiger partial charge in [-0.25, -0.2) is 28.3 Å². The van der Waals surface area contributed by atoms with Crippen molar-refractivity contribution < 1.29 is 19.4 Å². The first-order chi connectivity index (χ1) is 18.5. The van der Waals surface area contributed by atoms with Gasteiger partial charge in [-0.1, -0.05) is 18.2 Å². The number of amides is 1. The number of ether oxygens (including phenoxy) is 1. The van der Waals surface area contributed by atoms with Crippen LogP contribution in [0.25, 0.3) is 5.69 Å². The van der Waals surface area contributed by atoms with Gasteiger partial charge in [0, 0.05) is 30.8 Å². The Hall–Kier alpha value is -4.09. The van der Waals surface area contributed by atoms with Crippen molar-refractivity contribution in [1.82, 2.24) is 18.8 Å². The molecule has 12 heteroatoms. The highest BCUT2D eigenvalue weighted by Gasteiger charge is 2.43. The van der Waals surface area contributed by atoms with E-state index in [0.29, 0.717) is 23.4 Å². The number of carbonyl (C=O) groups excluding carboxylic acids is 1. The molecule has 0 aliphatic carbocycles. The third-order valence-corrected chi connectivity index (χ3v) is 7.39. The molecule has 212 valence electrons. The molecule has 3 N–H and O–H groups in total. The van der Waals surface area contributed by atoms with Crippen LogP contribution in [0.5, 0.6) is 5.75 Å². The number of aromatic nitrogens is 3. The second kappa shape index (κ2) is 10.8. The Morgan fingerprint density at radius 1 is 1.10 bits per heavy atom. The molecule has 2 aliphatic heterocycles. The zero-order valence-electron chi connectivity index (χ0n) is 22.5. The molecule has 1 amide bonds. The smallest absolute Gasteiger partial charge is 0.407 e. The van der Waals surface area contributed by atoms with E-state index >= 15 is 0 Å². The highest BCUT2D eigenvalue weighted by molar-refractivity contribution is 5.94. The lowest BCUT2D eigenvalue weighted by molar-refractivity contribution is 0.101. The Labute approximate surface area is 236 Å². The largest absolute Gasteiger partial charge is 0.483 e. The number of allylic oxidation sites excluding steroid dienone is 1. The van der Waals surface area contributed by atoms with Gasteiger partial charge in [-0.15, -0.1) is 12.4 Å². The van der Waals surface area contributed by atoms with Gasteiger partial charge in [-0.2, -0.15) is 0 Å². The molecular formula is C28H32ClN5O6. The first-order valence-corrected chi connectivity index (χ1v) is 12.8. The average molecular weight is 570 g/mol. The van der Waals surface area contributed by atoms with Crippen LogP contribution in [0.2, 0.25) is 0 Å². The fourth-order valence-corrected chi connectivity index (χ4v) is 5.38. The lowest BCUT2D eigenvalue weighted by Gasteiger charge is -2.42. The summed E-state index contributed by atoms with van der Waals surface area (Å²) in [6, 6.07) is 11.5. The number of rotatable bonds is 7. The lowest BCUT2D eigenvalue weighted by atomic mass is 9.82. The normalized spacial score (nSPS) is 16.4. The molecule has 3 aromatic rings.